The van der Waals surface area contributed by atoms with Crippen LogP contribution in [0.4, 0.5) is 0 Å². The second-order valence-electron chi connectivity index (χ2n) is 6.00. The molecule has 4 nitrogen and oxygen atoms in total. The van der Waals surface area contributed by atoms with E-state index in [0.29, 0.717) is 11.6 Å². The van der Waals surface area contributed by atoms with Gasteiger partial charge in [0.1, 0.15) is 0 Å². The predicted molar refractivity (Wildman–Crippen MR) is 84.3 cm³/mol. The van der Waals surface area contributed by atoms with Gasteiger partial charge in [-0.25, -0.2) is 0 Å². The van der Waals surface area contributed by atoms with Crippen LogP contribution in [0.15, 0.2) is 24.3 Å². The van der Waals surface area contributed by atoms with Crippen molar-refractivity contribution in [3.63, 3.8) is 0 Å². The molecule has 2 rings (SSSR count). The third kappa shape index (κ3) is 4.29. The summed E-state index contributed by atoms with van der Waals surface area (Å²) in [4.78, 5) is 11.5. The van der Waals surface area contributed by atoms with Gasteiger partial charge in [0.15, 0.2) is 0 Å². The highest BCUT2D eigenvalue weighted by molar-refractivity contribution is 5.93. The highest BCUT2D eigenvalue weighted by Crippen LogP contribution is 2.27. The molecule has 1 aromatic carbocycles. The monoisotopic (exact) mass is 290 g/mol. The number of nitrogens with one attached hydrogen (secondary N) is 2. The Balaban J connectivity index is 1.87. The maximum absolute atomic E-state index is 11.5. The Morgan fingerprint density at radius 3 is 2.71 bits per heavy atom. The molecule has 0 bridgehead atoms. The Kier molecular flexibility index (Phi) is 5.37. The number of ether oxygens (including phenoxy) is 1. The van der Waals surface area contributed by atoms with E-state index < -0.39 is 0 Å². The van der Waals surface area contributed by atoms with Crippen LogP contribution in [-0.4, -0.2) is 31.2 Å². The van der Waals surface area contributed by atoms with Gasteiger partial charge >= 0.3 is 0 Å². The summed E-state index contributed by atoms with van der Waals surface area (Å²) in [5.74, 6) is -0.0438. The molecule has 0 saturated carbocycles. The van der Waals surface area contributed by atoms with E-state index in [4.69, 9.17) is 4.74 Å². The van der Waals surface area contributed by atoms with Gasteiger partial charge in [0, 0.05) is 31.8 Å². The molecular weight excluding hydrogens is 264 g/mol. The fraction of sp³-hybridized carbons (Fsp3) is 0.588. The second-order valence-corrected chi connectivity index (χ2v) is 6.00. The van der Waals surface area contributed by atoms with E-state index in [2.05, 4.69) is 24.5 Å². The normalized spacial score (nSPS) is 25.6. The first-order chi connectivity index (χ1) is 10.1. The highest BCUT2D eigenvalue weighted by Gasteiger charge is 2.31. The lowest BCUT2D eigenvalue weighted by Gasteiger charge is -2.38. The van der Waals surface area contributed by atoms with Crippen LogP contribution in [0.3, 0.4) is 0 Å². The molecule has 1 aromatic rings. The number of benzene rings is 1. The lowest BCUT2D eigenvalue weighted by atomic mass is 9.90. The van der Waals surface area contributed by atoms with Crippen LogP contribution in [0.1, 0.15) is 49.0 Å². The molecule has 0 aromatic heterocycles. The molecule has 2 unspecified atom stereocenters. The second kappa shape index (κ2) is 7.05. The zero-order valence-electron chi connectivity index (χ0n) is 13.2. The van der Waals surface area contributed by atoms with Crippen LogP contribution < -0.4 is 10.6 Å². The van der Waals surface area contributed by atoms with E-state index in [1.54, 1.807) is 7.05 Å². The van der Waals surface area contributed by atoms with Crippen LogP contribution in [0.2, 0.25) is 0 Å². The molecule has 1 saturated heterocycles. The zero-order chi connectivity index (χ0) is 15.3. The van der Waals surface area contributed by atoms with Gasteiger partial charge in [0.25, 0.3) is 5.91 Å². The number of hydrogen-bond donors (Lipinski definition) is 2. The van der Waals surface area contributed by atoms with Crippen molar-refractivity contribution >= 4 is 5.91 Å². The Labute approximate surface area is 127 Å². The van der Waals surface area contributed by atoms with Gasteiger partial charge in [0.05, 0.1) is 5.60 Å². The summed E-state index contributed by atoms with van der Waals surface area (Å²) in [7, 11) is 1.65. The summed E-state index contributed by atoms with van der Waals surface area (Å²) in [6.07, 6.45) is 3.16. The summed E-state index contributed by atoms with van der Waals surface area (Å²) >= 11 is 0. The first kappa shape index (κ1) is 16.0. The van der Waals surface area contributed by atoms with Gasteiger partial charge in [-0.15, -0.1) is 0 Å². The van der Waals surface area contributed by atoms with Crippen LogP contribution in [0, 0.1) is 0 Å². The fourth-order valence-corrected chi connectivity index (χ4v) is 2.73. The fourth-order valence-electron chi connectivity index (χ4n) is 2.73. The van der Waals surface area contributed by atoms with E-state index in [1.165, 1.54) is 5.56 Å². The van der Waals surface area contributed by atoms with Crippen molar-refractivity contribution in [2.75, 3.05) is 13.7 Å². The predicted octanol–water partition coefficient (Wildman–Crippen LogP) is 2.48. The first-order valence-corrected chi connectivity index (χ1v) is 7.74. The molecule has 4 heteroatoms. The Morgan fingerprint density at radius 2 is 2.10 bits per heavy atom. The average Bonchev–Trinajstić information content (AvgIpc) is 2.53. The van der Waals surface area contributed by atoms with Gasteiger partial charge in [-0.05, 0) is 43.9 Å². The van der Waals surface area contributed by atoms with Crippen molar-refractivity contribution in [3.8, 4) is 0 Å². The lowest BCUT2D eigenvalue weighted by Crippen LogP contribution is -2.44. The minimum atomic E-state index is -0.0438. The summed E-state index contributed by atoms with van der Waals surface area (Å²) in [6, 6.07) is 8.26. The third-order valence-corrected chi connectivity index (χ3v) is 4.38. The van der Waals surface area contributed by atoms with E-state index in [1.807, 2.05) is 24.3 Å². The minimum Gasteiger partial charge on any atom is -0.375 e. The standard InChI is InChI=1S/C17H26N2O2/c1-4-17(2)11-15(9-10-21-17)19-12-13-5-7-14(8-6-13)16(20)18-3/h5-8,15,19H,4,9-12H2,1-3H3,(H,18,20). The van der Waals surface area contributed by atoms with E-state index >= 15 is 0 Å². The lowest BCUT2D eigenvalue weighted by molar-refractivity contribution is -0.0781. The molecule has 1 amide bonds. The van der Waals surface area contributed by atoms with Gasteiger partial charge in [-0.1, -0.05) is 19.1 Å². The molecule has 1 fully saturated rings. The van der Waals surface area contributed by atoms with E-state index in [-0.39, 0.29) is 11.5 Å². The van der Waals surface area contributed by atoms with E-state index in [9.17, 15) is 4.79 Å². The molecule has 116 valence electrons. The van der Waals surface area contributed by atoms with Crippen molar-refractivity contribution < 1.29 is 9.53 Å². The van der Waals surface area contributed by atoms with Gasteiger partial charge in [-0.3, -0.25) is 4.79 Å². The summed E-state index contributed by atoms with van der Waals surface area (Å²) in [5, 5.41) is 6.24. The smallest absolute Gasteiger partial charge is 0.251 e. The minimum absolute atomic E-state index is 0.0129. The van der Waals surface area contributed by atoms with E-state index in [0.717, 1.165) is 32.4 Å². The molecule has 0 spiro atoms. The molecule has 0 radical (unpaired) electrons. The SMILES string of the molecule is CCC1(C)CC(NCc2ccc(C(=O)NC)cc2)CCO1. The Bertz CT molecular complexity index is 472. The van der Waals surface area contributed by atoms with Crippen molar-refractivity contribution in [2.45, 2.75) is 51.3 Å². The Morgan fingerprint density at radius 1 is 1.38 bits per heavy atom. The first-order valence-electron chi connectivity index (χ1n) is 7.74. The maximum atomic E-state index is 11.5. The largest absolute Gasteiger partial charge is 0.375 e. The summed E-state index contributed by atoms with van der Waals surface area (Å²) in [5.41, 5.74) is 1.91. The number of amides is 1. The van der Waals surface area contributed by atoms with Crippen LogP contribution >= 0.6 is 0 Å². The molecular formula is C17H26N2O2. The third-order valence-electron chi connectivity index (χ3n) is 4.38. The number of hydrogen-bond acceptors (Lipinski definition) is 3. The summed E-state index contributed by atoms with van der Waals surface area (Å²) in [6.45, 7) is 6.04. The van der Waals surface area contributed by atoms with Crippen LogP contribution in [-0.2, 0) is 11.3 Å². The van der Waals surface area contributed by atoms with Crippen molar-refractivity contribution in [1.29, 1.82) is 0 Å². The van der Waals surface area contributed by atoms with Gasteiger partial charge in [0.2, 0.25) is 0 Å². The van der Waals surface area contributed by atoms with Crippen LogP contribution in [0.25, 0.3) is 0 Å². The van der Waals surface area contributed by atoms with Gasteiger partial charge < -0.3 is 15.4 Å². The molecule has 1 heterocycles. The van der Waals surface area contributed by atoms with Crippen LogP contribution in [0.5, 0.6) is 0 Å². The number of carbonyl (C=O) groups is 1. The quantitative estimate of drug-likeness (QED) is 0.876. The molecule has 1 aliphatic heterocycles. The highest BCUT2D eigenvalue weighted by atomic mass is 16.5. The van der Waals surface area contributed by atoms with Crippen molar-refractivity contribution in [1.82, 2.24) is 10.6 Å². The summed E-state index contributed by atoms with van der Waals surface area (Å²) < 4.78 is 5.87. The number of carbonyl (C=O) groups excluding carboxylic acids is 1. The van der Waals surface area contributed by atoms with Crippen molar-refractivity contribution in [3.05, 3.63) is 35.4 Å². The maximum Gasteiger partial charge on any atom is 0.251 e. The molecule has 2 N–H and O–H groups in total. The molecule has 21 heavy (non-hydrogen) atoms. The molecule has 1 aliphatic rings. The zero-order valence-corrected chi connectivity index (χ0v) is 13.2. The number of rotatable bonds is 5. The van der Waals surface area contributed by atoms with Crippen molar-refractivity contribution in [2.24, 2.45) is 0 Å². The molecule has 2 atom stereocenters. The van der Waals surface area contributed by atoms with Gasteiger partial charge in [-0.2, -0.15) is 0 Å². The average molecular weight is 290 g/mol. The molecule has 0 aliphatic carbocycles. The Hall–Kier alpha value is -1.39. The topological polar surface area (TPSA) is 50.4 Å².